The Balaban J connectivity index is 2.11. The van der Waals surface area contributed by atoms with E-state index in [0.717, 1.165) is 0 Å². The molecule has 2 rings (SSSR count). The molecule has 2 saturated heterocycles. The molecule has 11 nitrogen and oxygen atoms in total. The highest BCUT2D eigenvalue weighted by Gasteiger charge is 2.50. The summed E-state index contributed by atoms with van der Waals surface area (Å²) >= 11 is 0. The molecule has 10 atom stereocenters. The summed E-state index contributed by atoms with van der Waals surface area (Å²) in [5, 5.41) is 76.5. The van der Waals surface area contributed by atoms with Gasteiger partial charge < -0.3 is 55.1 Å². The molecule has 0 radical (unpaired) electrons. The molecule has 0 spiro atoms. The third-order valence-corrected chi connectivity index (χ3v) is 3.98. The molecule has 2 fully saturated rings. The van der Waals surface area contributed by atoms with Gasteiger partial charge in [0, 0.05) is 0 Å². The number of aliphatic hydroxyl groups is 8. The summed E-state index contributed by atoms with van der Waals surface area (Å²) in [5.74, 6) is 0. The van der Waals surface area contributed by atoms with Crippen LogP contribution in [0.3, 0.4) is 0 Å². The first-order chi connectivity index (χ1) is 10.8. The van der Waals surface area contributed by atoms with Gasteiger partial charge in [-0.1, -0.05) is 0 Å². The highest BCUT2D eigenvalue weighted by atomic mass is 16.7. The summed E-state index contributed by atoms with van der Waals surface area (Å²) in [4.78, 5) is 0. The SMILES string of the molecule is OC[C@H]1O[C@@H](O[C@@H]2[C@@H](O)[C@@H](O)C(O)O[C@@H]2CO)[C@H](O)[C@H](O)[C@H]1O. The van der Waals surface area contributed by atoms with Crippen LogP contribution in [0.25, 0.3) is 0 Å². The van der Waals surface area contributed by atoms with E-state index in [1.54, 1.807) is 0 Å². The monoisotopic (exact) mass is 342 g/mol. The smallest absolute Gasteiger partial charge is 0.187 e. The van der Waals surface area contributed by atoms with Gasteiger partial charge in [0.05, 0.1) is 13.2 Å². The van der Waals surface area contributed by atoms with Crippen LogP contribution >= 0.6 is 0 Å². The Kier molecular flexibility index (Phi) is 6.27. The Labute approximate surface area is 130 Å². The lowest BCUT2D eigenvalue weighted by molar-refractivity contribution is -0.355. The van der Waals surface area contributed by atoms with Gasteiger partial charge >= 0.3 is 0 Å². The lowest BCUT2D eigenvalue weighted by atomic mass is 9.97. The minimum absolute atomic E-state index is 0.667. The van der Waals surface area contributed by atoms with Crippen LogP contribution in [0.1, 0.15) is 0 Å². The number of hydrogen-bond donors (Lipinski definition) is 8. The van der Waals surface area contributed by atoms with E-state index in [-0.39, 0.29) is 0 Å². The lowest BCUT2D eigenvalue weighted by Gasteiger charge is -2.45. The zero-order valence-corrected chi connectivity index (χ0v) is 12.0. The van der Waals surface area contributed by atoms with Crippen LogP contribution in [0.2, 0.25) is 0 Å². The predicted molar refractivity (Wildman–Crippen MR) is 68.6 cm³/mol. The van der Waals surface area contributed by atoms with E-state index < -0.39 is 74.6 Å². The fourth-order valence-corrected chi connectivity index (χ4v) is 2.57. The number of ether oxygens (including phenoxy) is 3. The highest BCUT2D eigenvalue weighted by molar-refractivity contribution is 4.93. The second-order valence-corrected chi connectivity index (χ2v) is 5.53. The second kappa shape index (κ2) is 7.63. The van der Waals surface area contributed by atoms with E-state index in [1.165, 1.54) is 0 Å². The van der Waals surface area contributed by atoms with E-state index in [4.69, 9.17) is 19.3 Å². The first-order valence-electron chi connectivity index (χ1n) is 7.08. The molecule has 1 unspecified atom stereocenters. The number of aliphatic hydroxyl groups excluding tert-OH is 8. The van der Waals surface area contributed by atoms with Gasteiger partial charge in [-0.15, -0.1) is 0 Å². The minimum atomic E-state index is -1.74. The Morgan fingerprint density at radius 1 is 0.652 bits per heavy atom. The largest absolute Gasteiger partial charge is 0.394 e. The van der Waals surface area contributed by atoms with Gasteiger partial charge in [-0.05, 0) is 0 Å². The normalized spacial score (nSPS) is 51.7. The molecule has 0 amide bonds. The van der Waals surface area contributed by atoms with Crippen LogP contribution in [0, 0.1) is 0 Å². The second-order valence-electron chi connectivity index (χ2n) is 5.53. The summed E-state index contributed by atoms with van der Waals surface area (Å²) < 4.78 is 15.3. The van der Waals surface area contributed by atoms with Crippen LogP contribution < -0.4 is 0 Å². The highest BCUT2D eigenvalue weighted by Crippen LogP contribution is 2.28. The average molecular weight is 342 g/mol. The Morgan fingerprint density at radius 2 is 1.26 bits per heavy atom. The van der Waals surface area contributed by atoms with Gasteiger partial charge in [-0.25, -0.2) is 0 Å². The number of hydrogen-bond acceptors (Lipinski definition) is 11. The van der Waals surface area contributed by atoms with Crippen molar-refractivity contribution >= 4 is 0 Å². The molecule has 23 heavy (non-hydrogen) atoms. The third kappa shape index (κ3) is 3.65. The van der Waals surface area contributed by atoms with E-state index in [2.05, 4.69) is 0 Å². The van der Waals surface area contributed by atoms with Crippen molar-refractivity contribution in [2.45, 2.75) is 61.4 Å². The molecule has 0 aromatic rings. The van der Waals surface area contributed by atoms with Crippen LogP contribution in [0.15, 0.2) is 0 Å². The van der Waals surface area contributed by atoms with Gasteiger partial charge in [-0.3, -0.25) is 0 Å². The molecule has 8 N–H and O–H groups in total. The summed E-state index contributed by atoms with van der Waals surface area (Å²) in [6.45, 7) is -1.35. The summed E-state index contributed by atoms with van der Waals surface area (Å²) in [6.07, 6.45) is -15.6. The lowest BCUT2D eigenvalue weighted by Crippen LogP contribution is -2.64. The van der Waals surface area contributed by atoms with Crippen molar-refractivity contribution in [2.24, 2.45) is 0 Å². The molecule has 0 aromatic carbocycles. The zero-order valence-electron chi connectivity index (χ0n) is 12.0. The minimum Gasteiger partial charge on any atom is -0.394 e. The summed E-state index contributed by atoms with van der Waals surface area (Å²) in [7, 11) is 0. The van der Waals surface area contributed by atoms with E-state index in [0.29, 0.717) is 0 Å². The van der Waals surface area contributed by atoms with Crippen molar-refractivity contribution in [3.8, 4) is 0 Å². The number of rotatable bonds is 4. The van der Waals surface area contributed by atoms with Gasteiger partial charge in [0.1, 0.15) is 48.8 Å². The maximum atomic E-state index is 9.94. The van der Waals surface area contributed by atoms with Crippen molar-refractivity contribution in [3.05, 3.63) is 0 Å². The van der Waals surface area contributed by atoms with E-state index >= 15 is 0 Å². The molecule has 2 heterocycles. The summed E-state index contributed by atoms with van der Waals surface area (Å²) in [5.41, 5.74) is 0. The molecule has 0 aliphatic carbocycles. The van der Waals surface area contributed by atoms with Crippen LogP contribution in [-0.4, -0.2) is 115 Å². The topological polar surface area (TPSA) is 190 Å². The Morgan fingerprint density at radius 3 is 1.83 bits per heavy atom. The van der Waals surface area contributed by atoms with Crippen LogP contribution in [0.4, 0.5) is 0 Å². The van der Waals surface area contributed by atoms with Gasteiger partial charge in [0.25, 0.3) is 0 Å². The fraction of sp³-hybridized carbons (Fsp3) is 1.00. The third-order valence-electron chi connectivity index (χ3n) is 3.98. The van der Waals surface area contributed by atoms with Gasteiger partial charge in [0.15, 0.2) is 12.6 Å². The standard InChI is InChI=1S/C12H22O11/c13-1-3-5(15)6(16)9(19)12(22-3)23-10-4(2-14)21-11(20)8(18)7(10)17/h3-20H,1-2H2/t3-,4-,5+,6-,7+,8-,9-,10+,11?,12+/m1/s1. The first kappa shape index (κ1) is 18.9. The molecular formula is C12H22O11. The van der Waals surface area contributed by atoms with Crippen LogP contribution in [-0.2, 0) is 14.2 Å². The van der Waals surface area contributed by atoms with Gasteiger partial charge in [-0.2, -0.15) is 0 Å². The molecular weight excluding hydrogens is 320 g/mol. The molecule has 0 aromatic heterocycles. The van der Waals surface area contributed by atoms with Crippen molar-refractivity contribution in [2.75, 3.05) is 13.2 Å². The van der Waals surface area contributed by atoms with E-state index in [9.17, 15) is 35.7 Å². The molecule has 2 aliphatic heterocycles. The first-order valence-corrected chi connectivity index (χ1v) is 7.08. The molecule has 2 aliphatic rings. The van der Waals surface area contributed by atoms with Crippen molar-refractivity contribution in [3.63, 3.8) is 0 Å². The zero-order chi connectivity index (χ0) is 17.3. The van der Waals surface area contributed by atoms with Crippen molar-refractivity contribution in [1.82, 2.24) is 0 Å². The van der Waals surface area contributed by atoms with Crippen molar-refractivity contribution < 1.29 is 55.1 Å². The molecule has 0 bridgehead atoms. The maximum absolute atomic E-state index is 9.94. The predicted octanol–water partition coefficient (Wildman–Crippen LogP) is -5.40. The van der Waals surface area contributed by atoms with Crippen LogP contribution in [0.5, 0.6) is 0 Å². The molecule has 0 saturated carbocycles. The quantitative estimate of drug-likeness (QED) is 0.243. The summed E-state index contributed by atoms with van der Waals surface area (Å²) in [6, 6.07) is 0. The maximum Gasteiger partial charge on any atom is 0.187 e. The average Bonchev–Trinajstić information content (AvgIpc) is 2.55. The molecule has 136 valence electrons. The van der Waals surface area contributed by atoms with Crippen molar-refractivity contribution in [1.29, 1.82) is 0 Å². The van der Waals surface area contributed by atoms with Gasteiger partial charge in [0.2, 0.25) is 0 Å². The molecule has 11 heteroatoms. The van der Waals surface area contributed by atoms with E-state index in [1.807, 2.05) is 0 Å². The Bertz CT molecular complexity index is 378. The Hall–Kier alpha value is -0.440. The fourth-order valence-electron chi connectivity index (χ4n) is 2.57.